The van der Waals surface area contributed by atoms with Gasteiger partial charge in [0.25, 0.3) is 0 Å². The molecular weight excluding hydrogens is 492 g/mol. The van der Waals surface area contributed by atoms with Gasteiger partial charge in [0.15, 0.2) is 5.96 Å². The largest absolute Gasteiger partial charge is 0.381 e. The molecule has 2 aliphatic rings. The Kier molecular flexibility index (Phi) is 8.46. The minimum absolute atomic E-state index is 0. The van der Waals surface area contributed by atoms with Gasteiger partial charge in [-0.1, -0.05) is 29.3 Å². The van der Waals surface area contributed by atoms with Crippen molar-refractivity contribution in [2.75, 3.05) is 44.4 Å². The topological polar surface area (TPSA) is 50.9 Å². The van der Waals surface area contributed by atoms with Crippen LogP contribution in [0.1, 0.15) is 18.4 Å². The maximum Gasteiger partial charge on any atom is 0.191 e. The standard InChI is InChI=1S/C17H23Cl2N3OS.HI/c18-13-1-2-14(15(19)11-13)17(3-7-23-8-4-17)12-21-16(20)22-5-9-24-10-6-22;/h1-2,11H,3-10,12H2,(H2,20,21);1H. The van der Waals surface area contributed by atoms with E-state index in [2.05, 4.69) is 4.90 Å². The fraction of sp³-hybridized carbons (Fsp3) is 0.588. The van der Waals surface area contributed by atoms with Gasteiger partial charge >= 0.3 is 0 Å². The number of benzene rings is 1. The van der Waals surface area contributed by atoms with Crippen molar-refractivity contribution in [3.63, 3.8) is 0 Å². The highest BCUT2D eigenvalue weighted by molar-refractivity contribution is 14.0. The zero-order valence-corrected chi connectivity index (χ0v) is 18.7. The van der Waals surface area contributed by atoms with E-state index in [1.54, 1.807) is 0 Å². The molecule has 2 fully saturated rings. The third-order valence-corrected chi connectivity index (χ3v) is 6.32. The molecule has 4 nitrogen and oxygen atoms in total. The predicted octanol–water partition coefficient (Wildman–Crippen LogP) is 4.02. The third kappa shape index (κ3) is 5.31. The monoisotopic (exact) mass is 515 g/mol. The van der Waals surface area contributed by atoms with E-state index in [0.29, 0.717) is 35.8 Å². The van der Waals surface area contributed by atoms with Gasteiger partial charge in [-0.15, -0.1) is 24.0 Å². The van der Waals surface area contributed by atoms with Crippen LogP contribution >= 0.6 is 58.9 Å². The quantitative estimate of drug-likeness (QED) is 0.375. The molecule has 2 aliphatic heterocycles. The van der Waals surface area contributed by atoms with Crippen LogP contribution in [0.4, 0.5) is 0 Å². The minimum Gasteiger partial charge on any atom is -0.381 e. The van der Waals surface area contributed by atoms with Gasteiger partial charge in [-0.05, 0) is 30.5 Å². The number of halogens is 3. The molecule has 1 aromatic rings. The number of thioether (sulfide) groups is 1. The zero-order valence-electron chi connectivity index (χ0n) is 14.0. The van der Waals surface area contributed by atoms with E-state index >= 15 is 0 Å². The number of nitrogens with zero attached hydrogens (tertiary/aromatic N) is 2. The summed E-state index contributed by atoms with van der Waals surface area (Å²) in [6.45, 7) is 4.01. The molecule has 1 aromatic carbocycles. The Morgan fingerprint density at radius 1 is 1.24 bits per heavy atom. The maximum absolute atomic E-state index is 6.50. The lowest BCUT2D eigenvalue weighted by atomic mass is 9.74. The predicted molar refractivity (Wildman–Crippen MR) is 119 cm³/mol. The molecule has 0 atom stereocenters. The summed E-state index contributed by atoms with van der Waals surface area (Å²) >= 11 is 14.5. The number of guanidine groups is 1. The molecule has 0 amide bonds. The number of hydrogen-bond acceptors (Lipinski definition) is 3. The Morgan fingerprint density at radius 3 is 2.56 bits per heavy atom. The highest BCUT2D eigenvalue weighted by Gasteiger charge is 2.36. The molecule has 3 rings (SSSR count). The van der Waals surface area contributed by atoms with E-state index in [9.17, 15) is 0 Å². The summed E-state index contributed by atoms with van der Waals surface area (Å²) in [7, 11) is 0. The summed E-state index contributed by atoms with van der Waals surface area (Å²) in [5.41, 5.74) is 7.22. The molecule has 0 spiro atoms. The van der Waals surface area contributed by atoms with Crippen molar-refractivity contribution in [2.45, 2.75) is 18.3 Å². The molecule has 0 saturated carbocycles. The molecule has 2 heterocycles. The van der Waals surface area contributed by atoms with E-state index in [4.69, 9.17) is 38.7 Å². The summed E-state index contributed by atoms with van der Waals surface area (Å²) in [5.74, 6) is 2.86. The average Bonchev–Trinajstić information content (AvgIpc) is 2.61. The Morgan fingerprint density at radius 2 is 1.92 bits per heavy atom. The third-order valence-electron chi connectivity index (χ3n) is 4.83. The lowest BCUT2D eigenvalue weighted by molar-refractivity contribution is 0.0531. The molecule has 8 heteroatoms. The Hall–Kier alpha value is 0.110. The Balaban J connectivity index is 0.00000225. The second kappa shape index (κ2) is 9.88. The van der Waals surface area contributed by atoms with Crippen molar-refractivity contribution in [3.05, 3.63) is 33.8 Å². The fourth-order valence-corrected chi connectivity index (χ4v) is 4.83. The summed E-state index contributed by atoms with van der Waals surface area (Å²) in [4.78, 5) is 6.92. The van der Waals surface area contributed by atoms with Gasteiger partial charge in [-0.3, -0.25) is 4.99 Å². The summed E-state index contributed by atoms with van der Waals surface area (Å²) < 4.78 is 5.57. The van der Waals surface area contributed by atoms with E-state index < -0.39 is 0 Å². The van der Waals surface area contributed by atoms with Crippen LogP contribution in [0.3, 0.4) is 0 Å². The van der Waals surface area contributed by atoms with Crippen LogP contribution in [0.2, 0.25) is 10.0 Å². The molecule has 0 bridgehead atoms. The van der Waals surface area contributed by atoms with E-state index in [1.807, 2.05) is 30.0 Å². The van der Waals surface area contributed by atoms with Crippen LogP contribution < -0.4 is 5.73 Å². The van der Waals surface area contributed by atoms with E-state index in [0.717, 1.165) is 43.0 Å². The molecule has 0 aromatic heterocycles. The smallest absolute Gasteiger partial charge is 0.191 e. The van der Waals surface area contributed by atoms with Gasteiger partial charge in [0, 0.05) is 53.3 Å². The minimum atomic E-state index is -0.130. The molecule has 25 heavy (non-hydrogen) atoms. The van der Waals surface area contributed by atoms with Crippen LogP contribution in [-0.4, -0.2) is 55.2 Å². The van der Waals surface area contributed by atoms with Crippen LogP contribution in [0.5, 0.6) is 0 Å². The molecule has 0 aliphatic carbocycles. The number of nitrogens with two attached hydrogens (primary N) is 1. The highest BCUT2D eigenvalue weighted by Crippen LogP contribution is 2.40. The number of aliphatic imine (C=N–C) groups is 1. The van der Waals surface area contributed by atoms with Gasteiger partial charge < -0.3 is 15.4 Å². The van der Waals surface area contributed by atoms with Gasteiger partial charge in [0.2, 0.25) is 0 Å². The Bertz CT molecular complexity index is 606. The first kappa shape index (κ1) is 21.4. The first-order valence-electron chi connectivity index (χ1n) is 8.27. The maximum atomic E-state index is 6.50. The van der Waals surface area contributed by atoms with Crippen LogP contribution in [0.25, 0.3) is 0 Å². The normalized spacial score (nSPS) is 20.9. The van der Waals surface area contributed by atoms with Gasteiger partial charge in [-0.2, -0.15) is 11.8 Å². The molecule has 2 N–H and O–H groups in total. The van der Waals surface area contributed by atoms with Crippen molar-refractivity contribution in [3.8, 4) is 0 Å². The molecule has 0 radical (unpaired) electrons. The molecular formula is C17H24Cl2IN3OS. The number of ether oxygens (including phenoxy) is 1. The lowest BCUT2D eigenvalue weighted by Crippen LogP contribution is -2.44. The van der Waals surface area contributed by atoms with Crippen LogP contribution in [0, 0.1) is 0 Å². The second-order valence-corrected chi connectivity index (χ2v) is 8.36. The van der Waals surface area contributed by atoms with Gasteiger partial charge in [-0.25, -0.2) is 0 Å². The first-order chi connectivity index (χ1) is 11.6. The zero-order chi connectivity index (χ0) is 17.0. The summed E-state index contributed by atoms with van der Waals surface area (Å²) in [6, 6.07) is 5.73. The van der Waals surface area contributed by atoms with Gasteiger partial charge in [0.1, 0.15) is 0 Å². The van der Waals surface area contributed by atoms with Crippen molar-refractivity contribution in [2.24, 2.45) is 10.7 Å². The van der Waals surface area contributed by atoms with Crippen molar-refractivity contribution >= 4 is 64.9 Å². The van der Waals surface area contributed by atoms with Crippen molar-refractivity contribution in [1.29, 1.82) is 0 Å². The van der Waals surface area contributed by atoms with E-state index in [-0.39, 0.29) is 29.4 Å². The SMILES string of the molecule is I.NC(=NCC1(c2ccc(Cl)cc2Cl)CCOCC1)N1CCSCC1. The van der Waals surface area contributed by atoms with E-state index in [1.165, 1.54) is 0 Å². The van der Waals surface area contributed by atoms with Crippen LogP contribution in [-0.2, 0) is 10.2 Å². The lowest BCUT2D eigenvalue weighted by Gasteiger charge is -2.37. The number of hydrogen-bond donors (Lipinski definition) is 1. The average molecular weight is 516 g/mol. The summed E-state index contributed by atoms with van der Waals surface area (Å²) in [6.07, 6.45) is 1.78. The second-order valence-electron chi connectivity index (χ2n) is 6.29. The Labute approximate surface area is 180 Å². The molecule has 140 valence electrons. The highest BCUT2D eigenvalue weighted by atomic mass is 127. The summed E-state index contributed by atoms with van der Waals surface area (Å²) in [5, 5.41) is 1.35. The fourth-order valence-electron chi connectivity index (χ4n) is 3.32. The first-order valence-corrected chi connectivity index (χ1v) is 10.2. The van der Waals surface area contributed by atoms with Crippen molar-refractivity contribution < 1.29 is 4.74 Å². The number of rotatable bonds is 3. The van der Waals surface area contributed by atoms with Crippen LogP contribution in [0.15, 0.2) is 23.2 Å². The van der Waals surface area contributed by atoms with Crippen molar-refractivity contribution in [1.82, 2.24) is 4.90 Å². The van der Waals surface area contributed by atoms with Gasteiger partial charge in [0.05, 0.1) is 6.54 Å². The molecule has 2 saturated heterocycles. The molecule has 0 unspecified atom stereocenters.